The van der Waals surface area contributed by atoms with Gasteiger partial charge in [0.15, 0.2) is 0 Å². The van der Waals surface area contributed by atoms with E-state index >= 15 is 0 Å². The average Bonchev–Trinajstić information content (AvgIpc) is 2.55. The standard InChI is InChI=1S/C17H18ClFN2O2/c18-14-2-1-3-15(19)13(14)11-23-17-10-12(20)4-5-16(17)21-6-8-22-9-7-21/h1-5,10H,6-9,11,20H2. The number of nitrogen functional groups attached to an aromatic ring is 1. The van der Waals surface area contributed by atoms with Gasteiger partial charge in [0.1, 0.15) is 18.2 Å². The normalized spacial score (nSPS) is 14.8. The molecule has 0 aliphatic carbocycles. The molecule has 122 valence electrons. The Morgan fingerprint density at radius 3 is 2.74 bits per heavy atom. The van der Waals surface area contributed by atoms with Crippen LogP contribution in [0.5, 0.6) is 5.75 Å². The molecule has 0 atom stereocenters. The van der Waals surface area contributed by atoms with Crippen LogP contribution >= 0.6 is 11.6 Å². The lowest BCUT2D eigenvalue weighted by Crippen LogP contribution is -2.36. The summed E-state index contributed by atoms with van der Waals surface area (Å²) < 4.78 is 25.1. The maximum Gasteiger partial charge on any atom is 0.145 e. The Bertz CT molecular complexity index is 670. The van der Waals surface area contributed by atoms with Crippen LogP contribution in [0.2, 0.25) is 5.02 Å². The Morgan fingerprint density at radius 1 is 1.22 bits per heavy atom. The third-order valence-electron chi connectivity index (χ3n) is 3.77. The molecule has 23 heavy (non-hydrogen) atoms. The second kappa shape index (κ2) is 7.06. The van der Waals surface area contributed by atoms with Crippen molar-refractivity contribution in [1.82, 2.24) is 0 Å². The van der Waals surface area contributed by atoms with Crippen LogP contribution in [0.25, 0.3) is 0 Å². The first-order chi connectivity index (χ1) is 11.1. The number of rotatable bonds is 4. The molecule has 3 rings (SSSR count). The summed E-state index contributed by atoms with van der Waals surface area (Å²) in [6, 6.07) is 10.1. The van der Waals surface area contributed by atoms with Gasteiger partial charge in [-0.2, -0.15) is 0 Å². The van der Waals surface area contributed by atoms with Crippen LogP contribution in [0.1, 0.15) is 5.56 Å². The van der Waals surface area contributed by atoms with Crippen LogP contribution in [-0.2, 0) is 11.3 Å². The molecule has 1 fully saturated rings. The Balaban J connectivity index is 1.82. The summed E-state index contributed by atoms with van der Waals surface area (Å²) in [4.78, 5) is 2.17. The van der Waals surface area contributed by atoms with E-state index in [9.17, 15) is 4.39 Å². The van der Waals surface area contributed by atoms with Crippen molar-refractivity contribution in [3.05, 3.63) is 52.8 Å². The van der Waals surface area contributed by atoms with Gasteiger partial charge in [-0.25, -0.2) is 4.39 Å². The second-order valence-electron chi connectivity index (χ2n) is 5.32. The van der Waals surface area contributed by atoms with E-state index in [0.717, 1.165) is 18.8 Å². The summed E-state index contributed by atoms with van der Waals surface area (Å²) in [6.07, 6.45) is 0. The maximum atomic E-state index is 13.9. The van der Waals surface area contributed by atoms with Gasteiger partial charge < -0.3 is 20.1 Å². The van der Waals surface area contributed by atoms with Crippen molar-refractivity contribution in [2.45, 2.75) is 6.61 Å². The zero-order valence-electron chi connectivity index (χ0n) is 12.6. The first kappa shape index (κ1) is 15.9. The molecule has 0 spiro atoms. The van der Waals surface area contributed by atoms with Gasteiger partial charge >= 0.3 is 0 Å². The maximum absolute atomic E-state index is 13.9. The fourth-order valence-electron chi connectivity index (χ4n) is 2.53. The molecule has 0 radical (unpaired) electrons. The van der Waals surface area contributed by atoms with Crippen molar-refractivity contribution < 1.29 is 13.9 Å². The molecule has 6 heteroatoms. The van der Waals surface area contributed by atoms with Crippen molar-refractivity contribution in [2.24, 2.45) is 0 Å². The zero-order valence-corrected chi connectivity index (χ0v) is 13.4. The van der Waals surface area contributed by atoms with E-state index in [1.807, 2.05) is 12.1 Å². The number of morpholine rings is 1. The van der Waals surface area contributed by atoms with Crippen LogP contribution in [0.4, 0.5) is 15.8 Å². The van der Waals surface area contributed by atoms with E-state index in [0.29, 0.717) is 35.2 Å². The van der Waals surface area contributed by atoms with Crippen LogP contribution in [0.15, 0.2) is 36.4 Å². The Hall–Kier alpha value is -1.98. The molecule has 2 aromatic carbocycles. The number of anilines is 2. The predicted molar refractivity (Wildman–Crippen MR) is 89.6 cm³/mol. The van der Waals surface area contributed by atoms with Gasteiger partial charge in [-0.05, 0) is 24.3 Å². The molecular formula is C17H18ClFN2O2. The zero-order chi connectivity index (χ0) is 16.2. The SMILES string of the molecule is Nc1ccc(N2CCOCC2)c(OCc2c(F)cccc2Cl)c1. The monoisotopic (exact) mass is 336 g/mol. The van der Waals surface area contributed by atoms with E-state index in [2.05, 4.69) is 4.90 Å². The highest BCUT2D eigenvalue weighted by molar-refractivity contribution is 6.31. The molecule has 1 aliphatic rings. The van der Waals surface area contributed by atoms with Crippen molar-refractivity contribution in [1.29, 1.82) is 0 Å². The number of nitrogens with two attached hydrogens (primary N) is 1. The van der Waals surface area contributed by atoms with Gasteiger partial charge in [-0.3, -0.25) is 0 Å². The molecule has 4 nitrogen and oxygen atoms in total. The Kier molecular flexibility index (Phi) is 4.88. The van der Waals surface area contributed by atoms with E-state index in [4.69, 9.17) is 26.8 Å². The summed E-state index contributed by atoms with van der Waals surface area (Å²) in [6.45, 7) is 2.94. The molecule has 2 aromatic rings. The van der Waals surface area contributed by atoms with E-state index in [1.165, 1.54) is 6.07 Å². The number of nitrogens with zero attached hydrogens (tertiary/aromatic N) is 1. The minimum absolute atomic E-state index is 0.0479. The van der Waals surface area contributed by atoms with Gasteiger partial charge in [-0.1, -0.05) is 17.7 Å². The molecule has 1 saturated heterocycles. The van der Waals surface area contributed by atoms with E-state index in [1.54, 1.807) is 18.2 Å². The molecule has 0 aromatic heterocycles. The van der Waals surface area contributed by atoms with Crippen LogP contribution < -0.4 is 15.4 Å². The molecule has 0 amide bonds. The van der Waals surface area contributed by atoms with Gasteiger partial charge in [0.2, 0.25) is 0 Å². The minimum Gasteiger partial charge on any atom is -0.486 e. The number of hydrogen-bond donors (Lipinski definition) is 1. The van der Waals surface area contributed by atoms with E-state index in [-0.39, 0.29) is 12.4 Å². The summed E-state index contributed by atoms with van der Waals surface area (Å²) in [5.41, 5.74) is 7.72. The number of halogens is 2. The highest BCUT2D eigenvalue weighted by Gasteiger charge is 2.17. The third kappa shape index (κ3) is 3.68. The predicted octanol–water partition coefficient (Wildman–Crippen LogP) is 3.48. The lowest BCUT2D eigenvalue weighted by Gasteiger charge is -2.30. The molecule has 2 N–H and O–H groups in total. The Morgan fingerprint density at radius 2 is 2.00 bits per heavy atom. The molecule has 1 heterocycles. The van der Waals surface area contributed by atoms with Gasteiger partial charge in [0, 0.05) is 30.4 Å². The summed E-state index contributed by atoms with van der Waals surface area (Å²) >= 11 is 6.04. The van der Waals surface area contributed by atoms with Gasteiger partial charge in [0.05, 0.1) is 23.9 Å². The molecule has 0 bridgehead atoms. The first-order valence-electron chi connectivity index (χ1n) is 7.43. The van der Waals surface area contributed by atoms with Gasteiger partial charge in [0.25, 0.3) is 0 Å². The number of ether oxygens (including phenoxy) is 2. The molecular weight excluding hydrogens is 319 g/mol. The highest BCUT2D eigenvalue weighted by atomic mass is 35.5. The average molecular weight is 337 g/mol. The lowest BCUT2D eigenvalue weighted by molar-refractivity contribution is 0.122. The summed E-state index contributed by atoms with van der Waals surface area (Å²) in [5.74, 6) is 0.237. The number of benzene rings is 2. The fraction of sp³-hybridized carbons (Fsp3) is 0.294. The smallest absolute Gasteiger partial charge is 0.145 e. The lowest BCUT2D eigenvalue weighted by atomic mass is 10.2. The van der Waals surface area contributed by atoms with Crippen molar-refractivity contribution in [3.63, 3.8) is 0 Å². The minimum atomic E-state index is -0.380. The highest BCUT2D eigenvalue weighted by Crippen LogP contribution is 2.32. The van der Waals surface area contributed by atoms with Crippen LogP contribution in [0.3, 0.4) is 0 Å². The first-order valence-corrected chi connectivity index (χ1v) is 7.81. The third-order valence-corrected chi connectivity index (χ3v) is 4.12. The number of hydrogen-bond acceptors (Lipinski definition) is 4. The second-order valence-corrected chi connectivity index (χ2v) is 5.72. The fourth-order valence-corrected chi connectivity index (χ4v) is 2.75. The molecule has 0 saturated carbocycles. The van der Waals surface area contributed by atoms with Crippen molar-refractivity contribution in [2.75, 3.05) is 36.9 Å². The largest absolute Gasteiger partial charge is 0.486 e. The van der Waals surface area contributed by atoms with Crippen LogP contribution in [-0.4, -0.2) is 26.3 Å². The van der Waals surface area contributed by atoms with Crippen LogP contribution in [0, 0.1) is 5.82 Å². The van der Waals surface area contributed by atoms with Crippen molar-refractivity contribution in [3.8, 4) is 5.75 Å². The molecule has 0 unspecified atom stereocenters. The quantitative estimate of drug-likeness (QED) is 0.868. The Labute approximate surface area is 139 Å². The molecule has 1 aliphatic heterocycles. The summed E-state index contributed by atoms with van der Waals surface area (Å²) in [5, 5.41) is 0.349. The van der Waals surface area contributed by atoms with Crippen molar-refractivity contribution >= 4 is 23.0 Å². The summed E-state index contributed by atoms with van der Waals surface area (Å²) in [7, 11) is 0. The van der Waals surface area contributed by atoms with E-state index < -0.39 is 0 Å². The van der Waals surface area contributed by atoms with Gasteiger partial charge in [-0.15, -0.1) is 0 Å². The topological polar surface area (TPSA) is 47.7 Å².